The number of nitrogens with one attached hydrogen (secondary N) is 1. The molecule has 1 aliphatic rings. The largest absolute Gasteiger partial charge is 0.328 e. The van der Waals surface area contributed by atoms with E-state index in [0.29, 0.717) is 12.1 Å². The lowest BCUT2D eigenvalue weighted by Crippen LogP contribution is -2.38. The van der Waals surface area contributed by atoms with Crippen LogP contribution in [-0.4, -0.2) is 26.7 Å². The highest BCUT2D eigenvalue weighted by Crippen LogP contribution is 2.20. The maximum absolute atomic E-state index is 5.94. The monoisotopic (exact) mass is 259 g/mol. The Hall–Kier alpha value is -1.46. The van der Waals surface area contributed by atoms with E-state index in [2.05, 4.69) is 22.4 Å². The number of fused-ring (bicyclic) bond motifs is 1. The number of aromatic nitrogens is 3. The Morgan fingerprint density at radius 3 is 2.84 bits per heavy atom. The molecule has 0 aromatic carbocycles. The van der Waals surface area contributed by atoms with Crippen LogP contribution < -0.4 is 11.1 Å². The summed E-state index contributed by atoms with van der Waals surface area (Å²) in [7, 11) is 0. The van der Waals surface area contributed by atoms with E-state index >= 15 is 0 Å². The Kier molecular flexibility index (Phi) is 3.48. The molecule has 0 spiro atoms. The summed E-state index contributed by atoms with van der Waals surface area (Å²) in [6.45, 7) is 2.15. The molecule has 2 heterocycles. The first-order chi connectivity index (χ1) is 9.24. The smallest absolute Gasteiger partial charge is 0.160 e. The molecule has 0 saturated heterocycles. The fourth-order valence-electron chi connectivity index (χ4n) is 2.87. The van der Waals surface area contributed by atoms with Gasteiger partial charge < -0.3 is 11.1 Å². The van der Waals surface area contributed by atoms with Gasteiger partial charge in [0.1, 0.15) is 0 Å². The van der Waals surface area contributed by atoms with E-state index < -0.39 is 0 Å². The van der Waals surface area contributed by atoms with Gasteiger partial charge in [0.2, 0.25) is 0 Å². The van der Waals surface area contributed by atoms with Crippen molar-refractivity contribution in [1.29, 1.82) is 0 Å². The Morgan fingerprint density at radius 1 is 1.26 bits per heavy atom. The fourth-order valence-corrected chi connectivity index (χ4v) is 2.87. The Morgan fingerprint density at radius 2 is 2.05 bits per heavy atom. The van der Waals surface area contributed by atoms with Crippen molar-refractivity contribution in [1.82, 2.24) is 19.9 Å². The summed E-state index contributed by atoms with van der Waals surface area (Å²) in [6.07, 6.45) is 6.56. The van der Waals surface area contributed by atoms with Crippen LogP contribution in [0.5, 0.6) is 0 Å². The second-order valence-corrected chi connectivity index (χ2v) is 5.49. The quantitative estimate of drug-likeness (QED) is 0.879. The second-order valence-electron chi connectivity index (χ2n) is 5.49. The molecule has 0 amide bonds. The number of hydrogen-bond donors (Lipinski definition) is 2. The van der Waals surface area contributed by atoms with Crippen molar-refractivity contribution in [3.63, 3.8) is 0 Å². The molecule has 2 aromatic heterocycles. The molecule has 1 aliphatic carbocycles. The van der Waals surface area contributed by atoms with E-state index in [1.165, 1.54) is 0 Å². The minimum absolute atomic E-state index is 0.205. The van der Waals surface area contributed by atoms with Crippen LogP contribution in [0.4, 0.5) is 0 Å². The summed E-state index contributed by atoms with van der Waals surface area (Å²) >= 11 is 0. The van der Waals surface area contributed by atoms with Crippen LogP contribution in [0.2, 0.25) is 0 Å². The summed E-state index contributed by atoms with van der Waals surface area (Å²) in [5.41, 5.74) is 6.84. The Labute approximate surface area is 113 Å². The third-order valence-corrected chi connectivity index (χ3v) is 3.98. The first-order valence-corrected chi connectivity index (χ1v) is 7.05. The minimum atomic E-state index is 0.205. The average Bonchev–Trinajstić information content (AvgIpc) is 2.85. The summed E-state index contributed by atoms with van der Waals surface area (Å²) in [6, 6.07) is 7.11. The number of nitrogens with two attached hydrogens (primary N) is 1. The minimum Gasteiger partial charge on any atom is -0.328 e. The van der Waals surface area contributed by atoms with Crippen molar-refractivity contribution in [3.05, 3.63) is 30.2 Å². The number of nitrogens with zero attached hydrogens (tertiary/aromatic N) is 3. The van der Waals surface area contributed by atoms with E-state index in [4.69, 9.17) is 5.73 Å². The molecule has 3 rings (SSSR count). The van der Waals surface area contributed by atoms with Gasteiger partial charge in [0.05, 0.1) is 6.04 Å². The van der Waals surface area contributed by atoms with E-state index in [1.54, 1.807) is 0 Å². The predicted octanol–water partition coefficient (Wildman–Crippen LogP) is 1.65. The second kappa shape index (κ2) is 5.27. The molecule has 0 aliphatic heterocycles. The SMILES string of the molecule is CC(NC1CCC(N)CC1)c1nnc2ccccn12. The molecule has 1 atom stereocenters. The first kappa shape index (κ1) is 12.6. The van der Waals surface area contributed by atoms with E-state index in [0.717, 1.165) is 37.2 Å². The normalized spacial score (nSPS) is 25.6. The van der Waals surface area contributed by atoms with Gasteiger partial charge in [0.15, 0.2) is 11.5 Å². The summed E-state index contributed by atoms with van der Waals surface area (Å²) in [5.74, 6) is 0.977. The van der Waals surface area contributed by atoms with Gasteiger partial charge in [0, 0.05) is 18.3 Å². The molecule has 0 radical (unpaired) electrons. The molecule has 1 saturated carbocycles. The molecule has 1 unspecified atom stereocenters. The van der Waals surface area contributed by atoms with Crippen LogP contribution in [0.3, 0.4) is 0 Å². The van der Waals surface area contributed by atoms with Crippen LogP contribution >= 0.6 is 0 Å². The van der Waals surface area contributed by atoms with Crippen molar-refractivity contribution in [3.8, 4) is 0 Å². The van der Waals surface area contributed by atoms with E-state index in [1.807, 2.05) is 28.8 Å². The number of pyridine rings is 1. The zero-order valence-corrected chi connectivity index (χ0v) is 11.3. The maximum Gasteiger partial charge on any atom is 0.160 e. The van der Waals surface area contributed by atoms with Crippen molar-refractivity contribution in [2.24, 2.45) is 5.73 Å². The van der Waals surface area contributed by atoms with Gasteiger partial charge in [-0.15, -0.1) is 10.2 Å². The first-order valence-electron chi connectivity index (χ1n) is 7.05. The summed E-state index contributed by atoms with van der Waals surface area (Å²) in [5, 5.41) is 12.2. The molecule has 19 heavy (non-hydrogen) atoms. The van der Waals surface area contributed by atoms with Crippen molar-refractivity contribution in [2.75, 3.05) is 0 Å². The van der Waals surface area contributed by atoms with Gasteiger partial charge in [-0.05, 0) is 44.7 Å². The van der Waals surface area contributed by atoms with Crippen LogP contribution in [0.15, 0.2) is 24.4 Å². The van der Waals surface area contributed by atoms with E-state index in [9.17, 15) is 0 Å². The van der Waals surface area contributed by atoms with Gasteiger partial charge >= 0.3 is 0 Å². The third kappa shape index (κ3) is 2.62. The predicted molar refractivity (Wildman–Crippen MR) is 74.8 cm³/mol. The van der Waals surface area contributed by atoms with Crippen LogP contribution in [0.1, 0.15) is 44.5 Å². The Balaban J connectivity index is 1.71. The molecular weight excluding hydrogens is 238 g/mol. The molecule has 1 fully saturated rings. The average molecular weight is 259 g/mol. The number of hydrogen-bond acceptors (Lipinski definition) is 4. The highest BCUT2D eigenvalue weighted by Gasteiger charge is 2.22. The highest BCUT2D eigenvalue weighted by molar-refractivity contribution is 5.37. The lowest BCUT2D eigenvalue weighted by Gasteiger charge is -2.29. The van der Waals surface area contributed by atoms with Crippen LogP contribution in [-0.2, 0) is 0 Å². The lowest BCUT2D eigenvalue weighted by molar-refractivity contribution is 0.317. The zero-order valence-electron chi connectivity index (χ0n) is 11.3. The van der Waals surface area contributed by atoms with Crippen LogP contribution in [0.25, 0.3) is 5.65 Å². The third-order valence-electron chi connectivity index (χ3n) is 3.98. The van der Waals surface area contributed by atoms with Crippen molar-refractivity contribution >= 4 is 5.65 Å². The molecule has 5 nitrogen and oxygen atoms in total. The van der Waals surface area contributed by atoms with Gasteiger partial charge in [-0.1, -0.05) is 6.07 Å². The lowest BCUT2D eigenvalue weighted by atomic mass is 9.91. The van der Waals surface area contributed by atoms with Crippen LogP contribution in [0, 0.1) is 0 Å². The zero-order chi connectivity index (χ0) is 13.2. The molecule has 3 N–H and O–H groups in total. The topological polar surface area (TPSA) is 68.2 Å². The standard InChI is InChI=1S/C14H21N5/c1-10(16-12-7-5-11(15)6-8-12)14-18-17-13-4-2-3-9-19(13)14/h2-4,9-12,16H,5-8,15H2,1H3. The van der Waals surface area contributed by atoms with Crippen molar-refractivity contribution < 1.29 is 0 Å². The molecule has 102 valence electrons. The van der Waals surface area contributed by atoms with Gasteiger partial charge in [-0.25, -0.2) is 0 Å². The summed E-state index contributed by atoms with van der Waals surface area (Å²) in [4.78, 5) is 0. The molecule has 2 aromatic rings. The molecule has 5 heteroatoms. The number of rotatable bonds is 3. The molecule has 0 bridgehead atoms. The fraction of sp³-hybridized carbons (Fsp3) is 0.571. The van der Waals surface area contributed by atoms with Crippen molar-refractivity contribution in [2.45, 2.75) is 50.7 Å². The van der Waals surface area contributed by atoms with Gasteiger partial charge in [-0.3, -0.25) is 4.40 Å². The van der Waals surface area contributed by atoms with E-state index in [-0.39, 0.29) is 6.04 Å². The summed E-state index contributed by atoms with van der Waals surface area (Å²) < 4.78 is 2.05. The maximum atomic E-state index is 5.94. The van der Waals surface area contributed by atoms with Gasteiger partial charge in [-0.2, -0.15) is 0 Å². The molecular formula is C14H21N5. The Bertz CT molecular complexity index is 542. The highest BCUT2D eigenvalue weighted by atomic mass is 15.3. The van der Waals surface area contributed by atoms with Gasteiger partial charge in [0.25, 0.3) is 0 Å².